The molecule has 5 nitrogen and oxygen atoms in total. The van der Waals surface area contributed by atoms with E-state index < -0.39 is 0 Å². The van der Waals surface area contributed by atoms with E-state index >= 15 is 0 Å². The molecule has 2 heterocycles. The Hall–Kier alpha value is -1.36. The van der Waals surface area contributed by atoms with E-state index in [0.717, 1.165) is 0 Å². The van der Waals surface area contributed by atoms with Crippen LogP contribution in [0.15, 0.2) is 12.4 Å². The molecule has 0 saturated heterocycles. The zero-order chi connectivity index (χ0) is 6.10. The summed E-state index contributed by atoms with van der Waals surface area (Å²) in [6.07, 6.45) is 3.07. The highest BCUT2D eigenvalue weighted by Crippen LogP contribution is 2.21. The quantitative estimate of drug-likeness (QED) is 0.499. The van der Waals surface area contributed by atoms with Crippen molar-refractivity contribution in [2.45, 2.75) is 0 Å². The molecule has 1 aromatic heterocycles. The molecule has 5 heteroatoms. The van der Waals surface area contributed by atoms with Crippen molar-refractivity contribution in [3.05, 3.63) is 12.4 Å². The Kier molecular flexibility index (Phi) is 0.782. The van der Waals surface area contributed by atoms with Crippen LogP contribution < -0.4 is 10.4 Å². The third kappa shape index (κ3) is 0.584. The van der Waals surface area contributed by atoms with E-state index in [-0.39, 0.29) is 0 Å². The Morgan fingerprint density at radius 3 is 3.11 bits per heavy atom. The van der Waals surface area contributed by atoms with Crippen molar-refractivity contribution in [2.75, 3.05) is 5.48 Å². The van der Waals surface area contributed by atoms with E-state index in [1.165, 1.54) is 6.20 Å². The molecule has 0 spiro atoms. The molecule has 0 aliphatic carbocycles. The molecule has 0 amide bonds. The monoisotopic (exact) mass is 125 g/mol. The minimum Gasteiger partial charge on any atom is -0.289 e. The maximum Gasteiger partial charge on any atom is 0.303 e. The molecule has 1 N–H and O–H groups in total. The van der Waals surface area contributed by atoms with Crippen LogP contribution in [0.3, 0.4) is 0 Å². The largest absolute Gasteiger partial charge is 0.303 e. The topological polar surface area (TPSA) is 56.3 Å². The van der Waals surface area contributed by atoms with Crippen molar-refractivity contribution in [1.29, 1.82) is 0 Å². The molecule has 2 rings (SSSR count). The first-order valence-electron chi connectivity index (χ1n) is 2.37. The van der Waals surface area contributed by atoms with Gasteiger partial charge in [0.05, 0.1) is 0 Å². The van der Waals surface area contributed by atoms with Crippen LogP contribution in [0.25, 0.3) is 0 Å². The second kappa shape index (κ2) is 1.56. The van der Waals surface area contributed by atoms with Crippen LogP contribution in [0.4, 0.5) is 5.82 Å². The Morgan fingerprint density at radius 2 is 2.22 bits per heavy atom. The summed E-state index contributed by atoms with van der Waals surface area (Å²) in [6, 6.07) is 0. The fourth-order valence-corrected chi connectivity index (χ4v) is 0.556. The first-order valence-corrected chi connectivity index (χ1v) is 2.37. The molecule has 1 aliphatic rings. The number of hydrogen-bond acceptors (Lipinski definition) is 5. The lowest BCUT2D eigenvalue weighted by Crippen LogP contribution is -1.92. The van der Waals surface area contributed by atoms with Crippen molar-refractivity contribution in [3.8, 4) is 5.88 Å². The molecular formula is C4H3N3O2. The second-order valence-electron chi connectivity index (χ2n) is 1.48. The van der Waals surface area contributed by atoms with Crippen molar-refractivity contribution in [2.24, 2.45) is 0 Å². The van der Waals surface area contributed by atoms with Crippen LogP contribution >= 0.6 is 0 Å². The number of nitrogens with one attached hydrogen (secondary N) is 1. The summed E-state index contributed by atoms with van der Waals surface area (Å²) in [5, 5.41) is 0. The predicted octanol–water partition coefficient (Wildman–Crippen LogP) is 0.127. The zero-order valence-electron chi connectivity index (χ0n) is 4.37. The zero-order valence-corrected chi connectivity index (χ0v) is 4.37. The maximum absolute atomic E-state index is 4.51. The number of rotatable bonds is 0. The Morgan fingerprint density at radius 1 is 1.33 bits per heavy atom. The number of anilines is 1. The SMILES string of the molecule is c1cnc2c(n1)NOO2. The van der Waals surface area contributed by atoms with Gasteiger partial charge < -0.3 is 0 Å². The van der Waals surface area contributed by atoms with Crippen molar-refractivity contribution in [3.63, 3.8) is 0 Å². The van der Waals surface area contributed by atoms with Crippen molar-refractivity contribution >= 4 is 5.82 Å². The highest BCUT2D eigenvalue weighted by molar-refractivity contribution is 5.43. The first-order chi connectivity index (χ1) is 4.47. The number of fused-ring (bicyclic) bond motifs is 1. The minimum atomic E-state index is 0.373. The van der Waals surface area contributed by atoms with E-state index in [4.69, 9.17) is 0 Å². The van der Waals surface area contributed by atoms with Crippen molar-refractivity contribution < 1.29 is 9.88 Å². The van der Waals surface area contributed by atoms with Gasteiger partial charge in [-0.1, -0.05) is 4.99 Å². The van der Waals surface area contributed by atoms with Crippen LogP contribution in [-0.2, 0) is 4.99 Å². The summed E-state index contributed by atoms with van der Waals surface area (Å²) in [5.41, 5.74) is 2.40. The molecule has 0 saturated carbocycles. The van der Waals surface area contributed by atoms with Gasteiger partial charge in [-0.3, -0.25) is 4.89 Å². The maximum atomic E-state index is 4.51. The summed E-state index contributed by atoms with van der Waals surface area (Å²) in [4.78, 5) is 16.5. The van der Waals surface area contributed by atoms with Gasteiger partial charge in [0.15, 0.2) is 0 Å². The molecule has 0 unspecified atom stereocenters. The van der Waals surface area contributed by atoms with Crippen LogP contribution in [0, 0.1) is 0 Å². The molecule has 9 heavy (non-hydrogen) atoms. The molecule has 1 aromatic rings. The van der Waals surface area contributed by atoms with E-state index in [1.807, 2.05) is 0 Å². The van der Waals surface area contributed by atoms with E-state index in [2.05, 4.69) is 25.3 Å². The standard InChI is InChI=1S/C4H3N3O2/c1-2-6-4-3(5-1)7-9-8-4/h1-2H,(H,5,7). The van der Waals surface area contributed by atoms with E-state index in [0.29, 0.717) is 11.7 Å². The van der Waals surface area contributed by atoms with Gasteiger partial charge in [0, 0.05) is 12.4 Å². The lowest BCUT2D eigenvalue weighted by Gasteiger charge is -1.84. The highest BCUT2D eigenvalue weighted by atomic mass is 17.3. The summed E-state index contributed by atoms with van der Waals surface area (Å²) in [7, 11) is 0. The number of aromatic nitrogens is 2. The van der Waals surface area contributed by atoms with Crippen molar-refractivity contribution in [1.82, 2.24) is 9.97 Å². The summed E-state index contributed by atoms with van der Waals surface area (Å²) in [5.74, 6) is 0.884. The van der Waals surface area contributed by atoms with Gasteiger partial charge in [-0.05, 0) is 0 Å². The predicted molar refractivity (Wildman–Crippen MR) is 27.4 cm³/mol. The number of nitrogens with zero attached hydrogens (tertiary/aromatic N) is 2. The van der Waals surface area contributed by atoms with E-state index in [9.17, 15) is 0 Å². The van der Waals surface area contributed by atoms with Crippen LogP contribution in [0.5, 0.6) is 5.88 Å². The lowest BCUT2D eigenvalue weighted by molar-refractivity contribution is -0.163. The average Bonchev–Trinajstić information content (AvgIpc) is 2.33. The first kappa shape index (κ1) is 4.51. The van der Waals surface area contributed by atoms with Crippen LogP contribution in [0.1, 0.15) is 0 Å². The molecule has 0 atom stereocenters. The van der Waals surface area contributed by atoms with Crippen LogP contribution in [-0.4, -0.2) is 9.97 Å². The lowest BCUT2D eigenvalue weighted by atomic mass is 10.6. The van der Waals surface area contributed by atoms with Gasteiger partial charge in [0.2, 0.25) is 5.82 Å². The van der Waals surface area contributed by atoms with Gasteiger partial charge in [0.25, 0.3) is 0 Å². The summed E-state index contributed by atoms with van der Waals surface area (Å²) >= 11 is 0. The molecule has 0 aromatic carbocycles. The normalized spacial score (nSPS) is 13.8. The third-order valence-electron chi connectivity index (χ3n) is 0.924. The molecule has 0 fully saturated rings. The van der Waals surface area contributed by atoms with Gasteiger partial charge in [-0.2, -0.15) is 0 Å². The molecule has 46 valence electrons. The van der Waals surface area contributed by atoms with Gasteiger partial charge in [0.1, 0.15) is 0 Å². The van der Waals surface area contributed by atoms with Crippen LogP contribution in [0.2, 0.25) is 0 Å². The molecule has 1 aliphatic heterocycles. The minimum absolute atomic E-state index is 0.373. The fourth-order valence-electron chi connectivity index (χ4n) is 0.556. The average molecular weight is 125 g/mol. The fraction of sp³-hybridized carbons (Fsp3) is 0. The van der Waals surface area contributed by atoms with Gasteiger partial charge in [-0.25, -0.2) is 15.4 Å². The smallest absolute Gasteiger partial charge is 0.289 e. The second-order valence-corrected chi connectivity index (χ2v) is 1.48. The van der Waals surface area contributed by atoms with E-state index in [1.54, 1.807) is 6.20 Å². The van der Waals surface area contributed by atoms with Gasteiger partial charge >= 0.3 is 5.88 Å². The molecule has 0 bridgehead atoms. The highest BCUT2D eigenvalue weighted by Gasteiger charge is 2.13. The Bertz CT molecular complexity index is 204. The molecular weight excluding hydrogens is 122 g/mol. The summed E-state index contributed by atoms with van der Waals surface area (Å²) < 4.78 is 0. The third-order valence-corrected chi connectivity index (χ3v) is 0.924. The Balaban J connectivity index is 2.54. The molecule has 0 radical (unpaired) electrons. The van der Waals surface area contributed by atoms with Gasteiger partial charge in [-0.15, -0.1) is 0 Å². The Labute approximate surface area is 50.5 Å². The number of hydrogen-bond donors (Lipinski definition) is 1. The summed E-state index contributed by atoms with van der Waals surface area (Å²) in [6.45, 7) is 0.